The maximum Gasteiger partial charge on any atom is 0.349 e. The molecule has 1 N–H and O–H groups in total. The Labute approximate surface area is 146 Å². The molecule has 0 saturated heterocycles. The fraction of sp³-hybridized carbons (Fsp3) is 0.238. The van der Waals surface area contributed by atoms with Crippen molar-refractivity contribution in [2.75, 3.05) is 5.32 Å². The fourth-order valence-corrected chi connectivity index (χ4v) is 3.03. The van der Waals surface area contributed by atoms with Crippen molar-refractivity contribution in [2.45, 2.75) is 33.6 Å². The molecule has 3 rings (SSSR count). The van der Waals surface area contributed by atoms with Crippen molar-refractivity contribution in [3.05, 3.63) is 75.1 Å². The second-order valence-corrected chi connectivity index (χ2v) is 6.05. The van der Waals surface area contributed by atoms with Crippen molar-refractivity contribution in [2.24, 2.45) is 0 Å². The summed E-state index contributed by atoms with van der Waals surface area (Å²) in [6.45, 7) is 5.95. The van der Waals surface area contributed by atoms with E-state index < -0.39 is 11.5 Å². The van der Waals surface area contributed by atoms with Crippen LogP contribution in [-0.4, -0.2) is 5.91 Å². The molecule has 1 amide bonds. The average molecular weight is 335 g/mol. The molecule has 2 aromatic carbocycles. The predicted octanol–water partition coefficient (Wildman–Crippen LogP) is 4.48. The summed E-state index contributed by atoms with van der Waals surface area (Å²) in [6.07, 6.45) is 1.60. The van der Waals surface area contributed by atoms with Gasteiger partial charge >= 0.3 is 5.63 Å². The Balaban J connectivity index is 2.04. The molecule has 0 aliphatic carbocycles. The Bertz CT molecular complexity index is 979. The van der Waals surface area contributed by atoms with Crippen LogP contribution >= 0.6 is 0 Å². The summed E-state index contributed by atoms with van der Waals surface area (Å²) >= 11 is 0. The second-order valence-electron chi connectivity index (χ2n) is 6.05. The fourth-order valence-electron chi connectivity index (χ4n) is 3.03. The van der Waals surface area contributed by atoms with Gasteiger partial charge in [0.2, 0.25) is 0 Å². The first kappa shape index (κ1) is 17.0. The topological polar surface area (TPSA) is 59.3 Å². The molecule has 1 aromatic heterocycles. The Morgan fingerprint density at radius 3 is 2.32 bits per heavy atom. The number of para-hydroxylation sites is 2. The third kappa shape index (κ3) is 3.20. The van der Waals surface area contributed by atoms with Crippen molar-refractivity contribution in [1.29, 1.82) is 0 Å². The summed E-state index contributed by atoms with van der Waals surface area (Å²) in [4.78, 5) is 25.0. The number of carbonyl (C=O) groups is 1. The van der Waals surface area contributed by atoms with Crippen LogP contribution in [0.5, 0.6) is 0 Å². The molecular formula is C21H21NO3. The lowest BCUT2D eigenvalue weighted by Gasteiger charge is -2.14. The highest BCUT2D eigenvalue weighted by atomic mass is 16.4. The predicted molar refractivity (Wildman–Crippen MR) is 100 cm³/mol. The van der Waals surface area contributed by atoms with Crippen LogP contribution in [0.15, 0.2) is 51.7 Å². The second kappa shape index (κ2) is 6.93. The SMILES string of the molecule is CCc1cccc(CC)c1NC(=O)c1cc2cccc(C)c2oc1=O. The van der Waals surface area contributed by atoms with Crippen LogP contribution in [0.3, 0.4) is 0 Å². The Hall–Kier alpha value is -2.88. The molecule has 0 saturated carbocycles. The minimum absolute atomic E-state index is 0.0195. The van der Waals surface area contributed by atoms with Crippen molar-refractivity contribution in [3.63, 3.8) is 0 Å². The zero-order chi connectivity index (χ0) is 18.0. The number of carbonyl (C=O) groups excluding carboxylic acids is 1. The molecule has 4 nitrogen and oxygen atoms in total. The van der Waals surface area contributed by atoms with Gasteiger partial charge < -0.3 is 9.73 Å². The van der Waals surface area contributed by atoms with Crippen molar-refractivity contribution < 1.29 is 9.21 Å². The molecule has 0 fully saturated rings. The van der Waals surface area contributed by atoms with E-state index in [1.165, 1.54) is 0 Å². The van der Waals surface area contributed by atoms with Crippen LogP contribution in [0.25, 0.3) is 11.0 Å². The molecule has 0 radical (unpaired) electrons. The van der Waals surface area contributed by atoms with Crippen molar-refractivity contribution >= 4 is 22.6 Å². The first-order chi connectivity index (χ1) is 12.0. The highest BCUT2D eigenvalue weighted by Crippen LogP contribution is 2.24. The van der Waals surface area contributed by atoms with Crippen LogP contribution in [-0.2, 0) is 12.8 Å². The molecule has 0 aliphatic heterocycles. The number of fused-ring (bicyclic) bond motifs is 1. The van der Waals surface area contributed by atoms with E-state index in [2.05, 4.69) is 5.32 Å². The highest BCUT2D eigenvalue weighted by Gasteiger charge is 2.17. The third-order valence-corrected chi connectivity index (χ3v) is 4.44. The van der Waals surface area contributed by atoms with Gasteiger partial charge in [0.25, 0.3) is 5.91 Å². The van der Waals surface area contributed by atoms with Crippen molar-refractivity contribution in [1.82, 2.24) is 0 Å². The number of hydrogen-bond donors (Lipinski definition) is 1. The summed E-state index contributed by atoms with van der Waals surface area (Å²) in [5.74, 6) is -0.437. The molecule has 128 valence electrons. The van der Waals surface area contributed by atoms with Crippen LogP contribution in [0.1, 0.15) is 40.9 Å². The van der Waals surface area contributed by atoms with Gasteiger partial charge in [-0.05, 0) is 42.5 Å². The summed E-state index contributed by atoms with van der Waals surface area (Å²) in [5, 5.41) is 3.66. The van der Waals surface area contributed by atoms with Gasteiger partial charge in [0.15, 0.2) is 0 Å². The van der Waals surface area contributed by atoms with Crippen LogP contribution in [0.2, 0.25) is 0 Å². The van der Waals surface area contributed by atoms with Crippen LogP contribution in [0.4, 0.5) is 5.69 Å². The number of anilines is 1. The van der Waals surface area contributed by atoms with Gasteiger partial charge in [-0.2, -0.15) is 0 Å². The van der Waals surface area contributed by atoms with E-state index in [9.17, 15) is 9.59 Å². The smallest absolute Gasteiger partial charge is 0.349 e. The zero-order valence-corrected chi connectivity index (χ0v) is 14.7. The Morgan fingerprint density at radius 1 is 1.04 bits per heavy atom. The summed E-state index contributed by atoms with van der Waals surface area (Å²) in [7, 11) is 0. The van der Waals surface area contributed by atoms with Gasteiger partial charge in [-0.15, -0.1) is 0 Å². The van der Waals surface area contributed by atoms with E-state index in [0.29, 0.717) is 5.58 Å². The zero-order valence-electron chi connectivity index (χ0n) is 14.7. The van der Waals surface area contributed by atoms with Gasteiger partial charge in [0.1, 0.15) is 11.1 Å². The third-order valence-electron chi connectivity index (χ3n) is 4.44. The molecule has 3 aromatic rings. The lowest BCUT2D eigenvalue weighted by Crippen LogP contribution is -2.22. The summed E-state index contributed by atoms with van der Waals surface area (Å²) in [5.41, 5.74) is 3.68. The van der Waals surface area contributed by atoms with E-state index in [1.807, 2.05) is 57.2 Å². The summed E-state index contributed by atoms with van der Waals surface area (Å²) in [6, 6.07) is 13.1. The first-order valence-corrected chi connectivity index (χ1v) is 8.50. The number of nitrogens with one attached hydrogen (secondary N) is 1. The van der Waals surface area contributed by atoms with Crippen LogP contribution in [0, 0.1) is 6.92 Å². The van der Waals surface area contributed by atoms with E-state index in [1.54, 1.807) is 6.07 Å². The molecule has 0 atom stereocenters. The minimum atomic E-state index is -0.619. The minimum Gasteiger partial charge on any atom is -0.422 e. The molecule has 0 spiro atoms. The lowest BCUT2D eigenvalue weighted by atomic mass is 10.0. The standard InChI is InChI=1S/C21H21NO3/c1-4-14-9-7-10-15(5-2)18(14)22-20(23)17-12-16-11-6-8-13(3)19(16)25-21(17)24/h6-12H,4-5H2,1-3H3,(H,22,23). The maximum atomic E-state index is 12.7. The van der Waals surface area contributed by atoms with Gasteiger partial charge in [-0.3, -0.25) is 4.79 Å². The number of benzene rings is 2. The molecule has 0 unspecified atom stereocenters. The Morgan fingerprint density at radius 2 is 1.68 bits per heavy atom. The molecular weight excluding hydrogens is 314 g/mol. The molecule has 25 heavy (non-hydrogen) atoms. The van der Waals surface area contributed by atoms with Crippen molar-refractivity contribution in [3.8, 4) is 0 Å². The monoisotopic (exact) mass is 335 g/mol. The van der Waals surface area contributed by atoms with E-state index in [4.69, 9.17) is 4.42 Å². The van der Waals surface area contributed by atoms with Crippen LogP contribution < -0.4 is 10.9 Å². The average Bonchev–Trinajstić information content (AvgIpc) is 2.62. The lowest BCUT2D eigenvalue weighted by molar-refractivity contribution is 0.102. The first-order valence-electron chi connectivity index (χ1n) is 8.50. The quantitative estimate of drug-likeness (QED) is 0.715. The Kier molecular flexibility index (Phi) is 4.70. The molecule has 0 aliphatic rings. The van der Waals surface area contributed by atoms with E-state index in [-0.39, 0.29) is 5.56 Å². The number of amides is 1. The number of rotatable bonds is 4. The molecule has 0 bridgehead atoms. The van der Waals surface area contributed by atoms with Gasteiger partial charge in [0, 0.05) is 11.1 Å². The molecule has 1 heterocycles. The normalized spacial score (nSPS) is 10.8. The van der Waals surface area contributed by atoms with Gasteiger partial charge in [-0.1, -0.05) is 50.2 Å². The highest BCUT2D eigenvalue weighted by molar-refractivity contribution is 6.06. The van der Waals surface area contributed by atoms with E-state index in [0.717, 1.165) is 40.6 Å². The van der Waals surface area contributed by atoms with E-state index >= 15 is 0 Å². The summed E-state index contributed by atoms with van der Waals surface area (Å²) < 4.78 is 5.38. The van der Waals surface area contributed by atoms with Gasteiger partial charge in [-0.25, -0.2) is 4.79 Å². The molecule has 4 heteroatoms. The number of hydrogen-bond acceptors (Lipinski definition) is 3. The van der Waals surface area contributed by atoms with Gasteiger partial charge in [0.05, 0.1) is 0 Å². The maximum absolute atomic E-state index is 12.7. The number of aryl methyl sites for hydroxylation is 3. The largest absolute Gasteiger partial charge is 0.422 e.